The Morgan fingerprint density at radius 3 is 2.95 bits per heavy atom. The van der Waals surface area contributed by atoms with E-state index in [9.17, 15) is 4.79 Å². The molecule has 22 heavy (non-hydrogen) atoms. The van der Waals surface area contributed by atoms with Gasteiger partial charge in [-0.15, -0.1) is 0 Å². The maximum absolute atomic E-state index is 11.3. The molecule has 0 amide bonds. The van der Waals surface area contributed by atoms with Gasteiger partial charge in [0.2, 0.25) is 0 Å². The van der Waals surface area contributed by atoms with Crippen LogP contribution >= 0.6 is 0 Å². The zero-order valence-corrected chi connectivity index (χ0v) is 11.8. The average molecular weight is 297 g/mol. The average Bonchev–Trinajstić information content (AvgIpc) is 3.09. The number of aromatic amines is 2. The highest BCUT2D eigenvalue weighted by molar-refractivity contribution is 5.68. The first-order chi connectivity index (χ1) is 10.6. The van der Waals surface area contributed by atoms with Crippen molar-refractivity contribution in [3.63, 3.8) is 0 Å². The second-order valence-corrected chi connectivity index (χ2v) is 5.44. The van der Waals surface area contributed by atoms with Gasteiger partial charge in [0.1, 0.15) is 11.6 Å². The summed E-state index contributed by atoms with van der Waals surface area (Å²) in [6.07, 6.45) is 5.76. The number of imidazole rings is 1. The zero-order valence-electron chi connectivity index (χ0n) is 11.8. The quantitative estimate of drug-likeness (QED) is 0.502. The highest BCUT2D eigenvalue weighted by Crippen LogP contribution is 2.26. The third-order valence-electron chi connectivity index (χ3n) is 3.59. The Balaban J connectivity index is 1.90. The van der Waals surface area contributed by atoms with E-state index >= 15 is 0 Å². The minimum absolute atomic E-state index is 0.295. The Morgan fingerprint density at radius 2 is 2.27 bits per heavy atom. The van der Waals surface area contributed by atoms with E-state index in [0.29, 0.717) is 28.2 Å². The molecule has 1 saturated carbocycles. The van der Waals surface area contributed by atoms with Crippen molar-refractivity contribution in [3.8, 4) is 0 Å². The van der Waals surface area contributed by atoms with Gasteiger partial charge in [-0.2, -0.15) is 9.61 Å². The van der Waals surface area contributed by atoms with Crippen LogP contribution in [0.1, 0.15) is 18.4 Å². The molecular formula is C14H15N7O. The first-order valence-corrected chi connectivity index (χ1v) is 7.00. The van der Waals surface area contributed by atoms with Gasteiger partial charge in [0.05, 0.1) is 16.9 Å². The number of hydrogen-bond acceptors (Lipinski definition) is 5. The van der Waals surface area contributed by atoms with Crippen molar-refractivity contribution in [2.45, 2.75) is 18.9 Å². The molecule has 5 N–H and O–H groups in total. The number of hydrogen-bond donors (Lipinski definition) is 4. The number of nitrogens with two attached hydrogens (primary N) is 1. The molecule has 0 unspecified atom stereocenters. The van der Waals surface area contributed by atoms with E-state index in [1.165, 1.54) is 0 Å². The molecule has 0 aliphatic heterocycles. The number of aromatic nitrogens is 5. The Hall–Kier alpha value is -3.03. The van der Waals surface area contributed by atoms with Gasteiger partial charge in [-0.25, -0.2) is 9.78 Å². The molecule has 0 saturated heterocycles. The minimum atomic E-state index is -0.295. The van der Waals surface area contributed by atoms with Crippen LogP contribution in [0.2, 0.25) is 0 Å². The van der Waals surface area contributed by atoms with Crippen LogP contribution in [0.5, 0.6) is 0 Å². The summed E-state index contributed by atoms with van der Waals surface area (Å²) in [6, 6.07) is 2.25. The van der Waals surface area contributed by atoms with E-state index in [0.717, 1.165) is 24.2 Å². The van der Waals surface area contributed by atoms with Gasteiger partial charge in [0.15, 0.2) is 5.65 Å². The van der Waals surface area contributed by atoms with Crippen molar-refractivity contribution in [1.82, 2.24) is 24.6 Å². The largest absolute Gasteiger partial charge is 0.384 e. The molecule has 112 valence electrons. The molecule has 0 radical (unpaired) electrons. The number of nitrogens with zero attached hydrogens (tertiary/aromatic N) is 3. The van der Waals surface area contributed by atoms with E-state index in [-0.39, 0.29) is 5.69 Å². The van der Waals surface area contributed by atoms with Crippen LogP contribution in [0.15, 0.2) is 17.1 Å². The number of anilines is 2. The molecule has 1 fully saturated rings. The van der Waals surface area contributed by atoms with E-state index < -0.39 is 0 Å². The molecule has 8 heteroatoms. The lowest BCUT2D eigenvalue weighted by Crippen LogP contribution is -2.22. The van der Waals surface area contributed by atoms with Crippen molar-refractivity contribution in [3.05, 3.63) is 39.0 Å². The lowest BCUT2D eigenvalue weighted by molar-refractivity contribution is 0.926. The van der Waals surface area contributed by atoms with Gasteiger partial charge >= 0.3 is 5.69 Å². The lowest BCUT2D eigenvalue weighted by atomic mass is 10.3. The number of fused-ring (bicyclic) bond motifs is 1. The highest BCUT2D eigenvalue weighted by atomic mass is 16.1. The van der Waals surface area contributed by atoms with Crippen LogP contribution < -0.4 is 27.4 Å². The standard InChI is InChI=1S/C14H15N7O/c1-7-10(19-14(22)17-7)4-8-6-16-21-12(18-9-2-3-9)5-11(15)20-13(8)21/h4-6,9,18H,1-3H2,(H2,15,20)(H2,17,19,22)/b10-4-. The van der Waals surface area contributed by atoms with Gasteiger partial charge in [-0.1, -0.05) is 6.58 Å². The molecule has 8 nitrogen and oxygen atoms in total. The predicted molar refractivity (Wildman–Crippen MR) is 83.8 cm³/mol. The second kappa shape index (κ2) is 4.48. The molecule has 0 bridgehead atoms. The van der Waals surface area contributed by atoms with Gasteiger partial charge in [-0.3, -0.25) is 0 Å². The third kappa shape index (κ3) is 2.14. The molecule has 3 aromatic rings. The minimum Gasteiger partial charge on any atom is -0.384 e. The Morgan fingerprint density at radius 1 is 1.45 bits per heavy atom. The van der Waals surface area contributed by atoms with Gasteiger partial charge in [0.25, 0.3) is 0 Å². The molecule has 0 aromatic carbocycles. The zero-order chi connectivity index (χ0) is 15.3. The van der Waals surface area contributed by atoms with Crippen LogP contribution in [0, 0.1) is 0 Å². The Bertz CT molecular complexity index is 1020. The maximum atomic E-state index is 11.3. The second-order valence-electron chi connectivity index (χ2n) is 5.44. The summed E-state index contributed by atoms with van der Waals surface area (Å²) in [7, 11) is 0. The molecule has 1 aliphatic carbocycles. The summed E-state index contributed by atoms with van der Waals surface area (Å²) < 4.78 is 1.72. The summed E-state index contributed by atoms with van der Waals surface area (Å²) in [5.74, 6) is 1.24. The van der Waals surface area contributed by atoms with E-state index in [2.05, 4.69) is 31.9 Å². The normalized spacial score (nSPS) is 15.5. The first kappa shape index (κ1) is 12.7. The third-order valence-corrected chi connectivity index (χ3v) is 3.59. The summed E-state index contributed by atoms with van der Waals surface area (Å²) in [5.41, 5.74) is 6.98. The van der Waals surface area contributed by atoms with Crippen LogP contribution in [0.4, 0.5) is 11.6 Å². The molecule has 0 spiro atoms. The number of rotatable bonds is 3. The summed E-state index contributed by atoms with van der Waals surface area (Å²) in [4.78, 5) is 20.9. The molecule has 0 atom stereocenters. The fourth-order valence-corrected chi connectivity index (χ4v) is 2.35. The molecule has 3 aromatic heterocycles. The summed E-state index contributed by atoms with van der Waals surface area (Å²) in [5, 5.41) is 8.85. The maximum Gasteiger partial charge on any atom is 0.323 e. The fourth-order valence-electron chi connectivity index (χ4n) is 2.35. The van der Waals surface area contributed by atoms with Crippen molar-refractivity contribution in [1.29, 1.82) is 0 Å². The molecular weight excluding hydrogens is 282 g/mol. The monoisotopic (exact) mass is 297 g/mol. The predicted octanol–water partition coefficient (Wildman–Crippen LogP) is -0.859. The van der Waals surface area contributed by atoms with Crippen LogP contribution in [0.3, 0.4) is 0 Å². The molecule has 1 aliphatic rings. The number of H-pyrrole nitrogens is 2. The lowest BCUT2D eigenvalue weighted by Gasteiger charge is -2.07. The summed E-state index contributed by atoms with van der Waals surface area (Å²) >= 11 is 0. The summed E-state index contributed by atoms with van der Waals surface area (Å²) in [6.45, 7) is 3.78. The van der Waals surface area contributed by atoms with Gasteiger partial charge < -0.3 is 21.0 Å². The van der Waals surface area contributed by atoms with Crippen LogP contribution in [-0.2, 0) is 0 Å². The number of nitrogen functional groups attached to an aromatic ring is 1. The van der Waals surface area contributed by atoms with Crippen molar-refractivity contribution >= 4 is 29.9 Å². The van der Waals surface area contributed by atoms with Crippen molar-refractivity contribution < 1.29 is 0 Å². The fraction of sp³-hybridized carbons (Fsp3) is 0.214. The van der Waals surface area contributed by atoms with E-state index in [1.54, 1.807) is 22.9 Å². The SMILES string of the molecule is C=c1[nH]c(=O)[nH]/c1=C\c1cnn2c(NC3CC3)cc(N)nc12. The smallest absolute Gasteiger partial charge is 0.323 e. The number of nitrogens with one attached hydrogen (secondary N) is 3. The topological polar surface area (TPSA) is 117 Å². The van der Waals surface area contributed by atoms with Gasteiger partial charge in [-0.05, 0) is 18.9 Å². The Kier molecular flexibility index (Phi) is 2.59. The van der Waals surface area contributed by atoms with E-state index in [1.807, 2.05) is 0 Å². The first-order valence-electron chi connectivity index (χ1n) is 7.00. The molecule has 4 rings (SSSR count). The van der Waals surface area contributed by atoms with Crippen LogP contribution in [-0.4, -0.2) is 30.6 Å². The molecule has 3 heterocycles. The van der Waals surface area contributed by atoms with E-state index in [4.69, 9.17) is 5.73 Å². The van der Waals surface area contributed by atoms with Gasteiger partial charge in [0, 0.05) is 17.7 Å². The highest BCUT2D eigenvalue weighted by Gasteiger charge is 2.22. The van der Waals surface area contributed by atoms with Crippen molar-refractivity contribution in [2.24, 2.45) is 0 Å². The van der Waals surface area contributed by atoms with Crippen molar-refractivity contribution in [2.75, 3.05) is 11.1 Å². The van der Waals surface area contributed by atoms with Crippen LogP contribution in [0.25, 0.3) is 18.3 Å². The Labute approximate surface area is 124 Å².